The van der Waals surface area contributed by atoms with Gasteiger partial charge < -0.3 is 10.3 Å². The van der Waals surface area contributed by atoms with Crippen molar-refractivity contribution in [3.63, 3.8) is 0 Å². The monoisotopic (exact) mass is 256 g/mol. The van der Waals surface area contributed by atoms with Crippen LogP contribution in [0.1, 0.15) is 37.4 Å². The number of aryl methyl sites for hydroxylation is 2. The van der Waals surface area contributed by atoms with Crippen molar-refractivity contribution in [3.05, 3.63) is 29.6 Å². The maximum Gasteiger partial charge on any atom is 0.103 e. The van der Waals surface area contributed by atoms with Gasteiger partial charge in [0, 0.05) is 6.04 Å². The van der Waals surface area contributed by atoms with Gasteiger partial charge in [-0.3, -0.25) is 0 Å². The zero-order valence-corrected chi connectivity index (χ0v) is 11.9. The van der Waals surface area contributed by atoms with Crippen LogP contribution >= 0.6 is 0 Å². The first-order chi connectivity index (χ1) is 8.84. The minimum atomic E-state index is -0.810. The molecule has 0 aliphatic carbocycles. The van der Waals surface area contributed by atoms with E-state index in [2.05, 4.69) is 48.5 Å². The lowest BCUT2D eigenvalue weighted by Crippen LogP contribution is -2.36. The number of nitrogens with zero attached hydrogens (tertiary/aromatic N) is 3. The average Bonchev–Trinajstić information content (AvgIpc) is 2.72. The summed E-state index contributed by atoms with van der Waals surface area (Å²) >= 11 is 0. The fourth-order valence-electron chi connectivity index (χ4n) is 2.39. The van der Waals surface area contributed by atoms with Crippen molar-refractivity contribution in [2.24, 2.45) is 5.73 Å². The van der Waals surface area contributed by atoms with Gasteiger partial charge in [0.1, 0.15) is 5.54 Å². The highest BCUT2D eigenvalue weighted by Gasteiger charge is 2.22. The molecule has 4 nitrogen and oxygen atoms in total. The second-order valence-electron chi connectivity index (χ2n) is 5.66. The van der Waals surface area contributed by atoms with Crippen LogP contribution in [-0.2, 0) is 0 Å². The molecule has 0 saturated heterocycles. The molecule has 0 bridgehead atoms. The Hall–Kier alpha value is -1.86. The summed E-state index contributed by atoms with van der Waals surface area (Å²) in [6.45, 7) is 8.01. The molecule has 0 fully saturated rings. The van der Waals surface area contributed by atoms with Crippen LogP contribution in [0.15, 0.2) is 18.5 Å². The van der Waals surface area contributed by atoms with Gasteiger partial charge in [-0.15, -0.1) is 0 Å². The molecule has 19 heavy (non-hydrogen) atoms. The first kappa shape index (κ1) is 13.6. The van der Waals surface area contributed by atoms with E-state index in [4.69, 9.17) is 11.0 Å². The number of nitriles is 1. The van der Waals surface area contributed by atoms with Crippen LogP contribution < -0.4 is 5.73 Å². The zero-order valence-electron chi connectivity index (χ0n) is 11.9. The molecule has 0 aliphatic rings. The standard InChI is InChI=1S/C15H20N4/c1-10-5-13-14(6-11(10)2)19(9-18-13)12(3)7-15(4,17)8-16/h5-6,9,12H,7,17H2,1-4H3. The summed E-state index contributed by atoms with van der Waals surface area (Å²) in [5.74, 6) is 0. The smallest absolute Gasteiger partial charge is 0.103 e. The molecule has 1 aromatic heterocycles. The third-order valence-corrected chi connectivity index (χ3v) is 3.64. The Balaban J connectivity index is 2.41. The van der Waals surface area contributed by atoms with Crippen molar-refractivity contribution in [2.75, 3.05) is 0 Å². The van der Waals surface area contributed by atoms with Crippen molar-refractivity contribution in [2.45, 2.75) is 45.7 Å². The van der Waals surface area contributed by atoms with E-state index in [0.29, 0.717) is 6.42 Å². The lowest BCUT2D eigenvalue weighted by molar-refractivity contribution is 0.419. The molecule has 0 saturated carbocycles. The molecule has 0 spiro atoms. The predicted molar refractivity (Wildman–Crippen MR) is 76.7 cm³/mol. The van der Waals surface area contributed by atoms with Gasteiger partial charge in [0.2, 0.25) is 0 Å². The van der Waals surface area contributed by atoms with Crippen LogP contribution in [0.2, 0.25) is 0 Å². The molecule has 1 aromatic carbocycles. The molecule has 2 unspecified atom stereocenters. The molecule has 0 aliphatic heterocycles. The van der Waals surface area contributed by atoms with E-state index in [-0.39, 0.29) is 6.04 Å². The second-order valence-corrected chi connectivity index (χ2v) is 5.66. The van der Waals surface area contributed by atoms with Gasteiger partial charge in [-0.2, -0.15) is 5.26 Å². The maximum absolute atomic E-state index is 9.03. The van der Waals surface area contributed by atoms with Gasteiger partial charge in [-0.25, -0.2) is 4.98 Å². The van der Waals surface area contributed by atoms with E-state index in [9.17, 15) is 0 Å². The lowest BCUT2D eigenvalue weighted by Gasteiger charge is -2.22. The molecular weight excluding hydrogens is 236 g/mol. The van der Waals surface area contributed by atoms with Crippen molar-refractivity contribution >= 4 is 11.0 Å². The van der Waals surface area contributed by atoms with Crippen molar-refractivity contribution in [3.8, 4) is 6.07 Å². The van der Waals surface area contributed by atoms with Crippen LogP contribution in [0.4, 0.5) is 0 Å². The van der Waals surface area contributed by atoms with Crippen molar-refractivity contribution < 1.29 is 0 Å². The van der Waals surface area contributed by atoms with E-state index in [1.54, 1.807) is 6.92 Å². The van der Waals surface area contributed by atoms with Gasteiger partial charge in [0.15, 0.2) is 0 Å². The fraction of sp³-hybridized carbons (Fsp3) is 0.467. The normalized spacial score (nSPS) is 16.0. The average molecular weight is 256 g/mol. The van der Waals surface area contributed by atoms with Crippen LogP contribution in [0.25, 0.3) is 11.0 Å². The number of aromatic nitrogens is 2. The number of fused-ring (bicyclic) bond motifs is 1. The molecule has 0 amide bonds. The molecule has 2 aromatic rings. The second kappa shape index (κ2) is 4.67. The fourth-order valence-corrected chi connectivity index (χ4v) is 2.39. The Morgan fingerprint density at radius 3 is 2.68 bits per heavy atom. The first-order valence-corrected chi connectivity index (χ1v) is 6.48. The van der Waals surface area contributed by atoms with Crippen molar-refractivity contribution in [1.29, 1.82) is 5.26 Å². The number of imidazole rings is 1. The van der Waals surface area contributed by atoms with Gasteiger partial charge in [0.25, 0.3) is 0 Å². The predicted octanol–water partition coefficient (Wildman–Crippen LogP) is 2.85. The Morgan fingerprint density at radius 1 is 1.42 bits per heavy atom. The minimum absolute atomic E-state index is 0.141. The number of rotatable bonds is 3. The topological polar surface area (TPSA) is 67.6 Å². The SMILES string of the molecule is Cc1cc2ncn(C(C)CC(C)(N)C#N)c2cc1C. The maximum atomic E-state index is 9.03. The van der Waals surface area contributed by atoms with Gasteiger partial charge in [-0.1, -0.05) is 0 Å². The van der Waals surface area contributed by atoms with E-state index in [1.807, 2.05) is 6.33 Å². The number of hydrogen-bond acceptors (Lipinski definition) is 3. The summed E-state index contributed by atoms with van der Waals surface area (Å²) in [7, 11) is 0. The minimum Gasteiger partial charge on any atom is -0.328 e. The van der Waals surface area contributed by atoms with Crippen LogP contribution in [0.3, 0.4) is 0 Å². The Morgan fingerprint density at radius 2 is 2.05 bits per heavy atom. The Kier molecular flexibility index (Phi) is 3.34. The van der Waals surface area contributed by atoms with Crippen LogP contribution in [0.5, 0.6) is 0 Å². The highest BCUT2D eigenvalue weighted by Crippen LogP contribution is 2.25. The highest BCUT2D eigenvalue weighted by molar-refractivity contribution is 5.77. The molecule has 2 rings (SSSR count). The molecule has 0 radical (unpaired) electrons. The van der Waals surface area contributed by atoms with Crippen molar-refractivity contribution in [1.82, 2.24) is 9.55 Å². The summed E-state index contributed by atoms with van der Waals surface area (Å²) in [4.78, 5) is 4.44. The Bertz CT molecular complexity index is 646. The highest BCUT2D eigenvalue weighted by atomic mass is 15.1. The van der Waals surface area contributed by atoms with E-state index < -0.39 is 5.54 Å². The third kappa shape index (κ3) is 2.61. The van der Waals surface area contributed by atoms with Gasteiger partial charge in [0.05, 0.1) is 23.4 Å². The number of nitrogens with two attached hydrogens (primary N) is 1. The summed E-state index contributed by atoms with van der Waals surface area (Å²) in [5.41, 5.74) is 9.70. The number of benzene rings is 1. The quantitative estimate of drug-likeness (QED) is 0.918. The molecule has 1 heterocycles. The summed E-state index contributed by atoms with van der Waals surface area (Å²) < 4.78 is 2.10. The van der Waals surface area contributed by atoms with Crippen LogP contribution in [-0.4, -0.2) is 15.1 Å². The van der Waals surface area contributed by atoms with Crippen LogP contribution in [0, 0.1) is 25.2 Å². The first-order valence-electron chi connectivity index (χ1n) is 6.48. The van der Waals surface area contributed by atoms with E-state index in [0.717, 1.165) is 11.0 Å². The molecule has 2 N–H and O–H groups in total. The largest absolute Gasteiger partial charge is 0.328 e. The third-order valence-electron chi connectivity index (χ3n) is 3.64. The molecule has 2 atom stereocenters. The zero-order chi connectivity index (χ0) is 14.2. The lowest BCUT2D eigenvalue weighted by atomic mass is 9.96. The summed E-state index contributed by atoms with van der Waals surface area (Å²) in [6.07, 6.45) is 2.43. The Labute approximate surface area is 113 Å². The molecule has 100 valence electrons. The van der Waals surface area contributed by atoms with E-state index >= 15 is 0 Å². The van der Waals surface area contributed by atoms with Gasteiger partial charge >= 0.3 is 0 Å². The summed E-state index contributed by atoms with van der Waals surface area (Å²) in [6, 6.07) is 6.53. The van der Waals surface area contributed by atoms with E-state index in [1.165, 1.54) is 11.1 Å². The van der Waals surface area contributed by atoms with Gasteiger partial charge in [-0.05, 0) is 57.4 Å². The molecular formula is C15H20N4. The number of hydrogen-bond donors (Lipinski definition) is 1. The summed E-state index contributed by atoms with van der Waals surface area (Å²) in [5, 5.41) is 9.03. The molecule has 4 heteroatoms.